The van der Waals surface area contributed by atoms with Gasteiger partial charge in [0, 0.05) is 5.56 Å². The van der Waals surface area contributed by atoms with Crippen molar-refractivity contribution in [1.82, 2.24) is 5.32 Å². The fraction of sp³-hybridized carbons (Fsp3) is 0.500. The monoisotopic (exact) mass is 229 g/mol. The Balaban J connectivity index is 2.30. The Bertz CT molecular complexity index is 384. The molecule has 0 saturated carbocycles. The molecule has 1 heterocycles. The number of hydrogen-bond acceptors (Lipinski definition) is 1. The molecule has 1 saturated heterocycles. The van der Waals surface area contributed by atoms with E-state index in [1.807, 2.05) is 0 Å². The lowest BCUT2D eigenvalue weighted by Crippen LogP contribution is -2.38. The van der Waals surface area contributed by atoms with E-state index in [4.69, 9.17) is 0 Å². The number of rotatable bonds is 2. The Morgan fingerprint density at radius 2 is 2.12 bits per heavy atom. The van der Waals surface area contributed by atoms with Crippen molar-refractivity contribution < 1.29 is 13.2 Å². The summed E-state index contributed by atoms with van der Waals surface area (Å²) in [6.45, 7) is 2.12. The van der Waals surface area contributed by atoms with Crippen molar-refractivity contribution in [2.75, 3.05) is 6.54 Å². The maximum atomic E-state index is 14.0. The minimum atomic E-state index is -2.92. The summed E-state index contributed by atoms with van der Waals surface area (Å²) in [5.74, 6) is -3.37. The Morgan fingerprint density at radius 1 is 1.38 bits per heavy atom. The van der Waals surface area contributed by atoms with Gasteiger partial charge in [-0.1, -0.05) is 6.07 Å². The summed E-state index contributed by atoms with van der Waals surface area (Å²) in [4.78, 5) is 0. The highest BCUT2D eigenvalue weighted by molar-refractivity contribution is 5.28. The normalized spacial score (nSPS) is 21.4. The number of nitrogens with one attached hydrogen (secondary N) is 1. The van der Waals surface area contributed by atoms with Crippen LogP contribution in [0.3, 0.4) is 0 Å². The van der Waals surface area contributed by atoms with Crippen molar-refractivity contribution in [2.24, 2.45) is 0 Å². The third kappa shape index (κ3) is 1.94. The minimum absolute atomic E-state index is 0.106. The average molecular weight is 229 g/mol. The highest BCUT2D eigenvalue weighted by Gasteiger charge is 2.42. The first-order valence-electron chi connectivity index (χ1n) is 5.39. The molecule has 1 N–H and O–H groups in total. The van der Waals surface area contributed by atoms with Gasteiger partial charge in [-0.05, 0) is 44.0 Å². The van der Waals surface area contributed by atoms with Gasteiger partial charge in [0.15, 0.2) is 0 Å². The van der Waals surface area contributed by atoms with Crippen molar-refractivity contribution in [3.63, 3.8) is 0 Å². The van der Waals surface area contributed by atoms with Crippen LogP contribution in [-0.4, -0.2) is 12.6 Å². The fourth-order valence-corrected chi connectivity index (χ4v) is 2.05. The SMILES string of the molecule is Cc1cc(C(F)(F)C2CCCN2)ccc1F. The van der Waals surface area contributed by atoms with E-state index < -0.39 is 17.8 Å². The molecule has 1 aliphatic heterocycles. The van der Waals surface area contributed by atoms with Gasteiger partial charge in [-0.2, -0.15) is 8.78 Å². The summed E-state index contributed by atoms with van der Waals surface area (Å²) in [7, 11) is 0. The molecule has 1 nitrogen and oxygen atoms in total. The van der Waals surface area contributed by atoms with E-state index in [-0.39, 0.29) is 11.1 Å². The number of hydrogen-bond donors (Lipinski definition) is 1. The predicted molar refractivity (Wildman–Crippen MR) is 56.1 cm³/mol. The van der Waals surface area contributed by atoms with Crippen molar-refractivity contribution >= 4 is 0 Å². The Hall–Kier alpha value is -1.03. The second-order valence-electron chi connectivity index (χ2n) is 4.24. The lowest BCUT2D eigenvalue weighted by Gasteiger charge is -2.24. The van der Waals surface area contributed by atoms with Gasteiger partial charge in [-0.25, -0.2) is 4.39 Å². The summed E-state index contributed by atoms with van der Waals surface area (Å²) in [6.07, 6.45) is 1.23. The third-order valence-corrected chi connectivity index (χ3v) is 3.04. The Kier molecular flexibility index (Phi) is 2.93. The van der Waals surface area contributed by atoms with Crippen LogP contribution in [0.25, 0.3) is 0 Å². The molecule has 0 aromatic heterocycles. The highest BCUT2D eigenvalue weighted by Crippen LogP contribution is 2.36. The minimum Gasteiger partial charge on any atom is -0.308 e. The van der Waals surface area contributed by atoms with Crippen LogP contribution in [0.1, 0.15) is 24.0 Å². The zero-order valence-electron chi connectivity index (χ0n) is 9.06. The van der Waals surface area contributed by atoms with Crippen LogP contribution >= 0.6 is 0 Å². The zero-order valence-corrected chi connectivity index (χ0v) is 9.06. The molecule has 1 unspecified atom stereocenters. The van der Waals surface area contributed by atoms with Crippen LogP contribution in [0, 0.1) is 12.7 Å². The van der Waals surface area contributed by atoms with Gasteiger partial charge in [-0.15, -0.1) is 0 Å². The standard InChI is InChI=1S/C12H14F3N/c1-8-7-9(4-5-10(8)13)12(14,15)11-3-2-6-16-11/h4-5,7,11,16H,2-3,6H2,1H3. The summed E-state index contributed by atoms with van der Waals surface area (Å²) >= 11 is 0. The van der Waals surface area contributed by atoms with Crippen LogP contribution in [0.15, 0.2) is 18.2 Å². The van der Waals surface area contributed by atoms with Crippen LogP contribution in [0.5, 0.6) is 0 Å². The highest BCUT2D eigenvalue weighted by atomic mass is 19.3. The van der Waals surface area contributed by atoms with Gasteiger partial charge in [0.2, 0.25) is 0 Å². The molecule has 1 fully saturated rings. The van der Waals surface area contributed by atoms with E-state index in [1.54, 1.807) is 0 Å². The topological polar surface area (TPSA) is 12.0 Å². The van der Waals surface area contributed by atoms with E-state index in [1.165, 1.54) is 19.1 Å². The first-order valence-corrected chi connectivity index (χ1v) is 5.39. The van der Waals surface area contributed by atoms with Crippen LogP contribution in [0.2, 0.25) is 0 Å². The molecule has 1 aromatic carbocycles. The summed E-state index contributed by atoms with van der Waals surface area (Å²) in [5.41, 5.74) is 0.154. The first kappa shape index (κ1) is 11.5. The van der Waals surface area contributed by atoms with Crippen LogP contribution < -0.4 is 5.32 Å². The second kappa shape index (κ2) is 4.09. The average Bonchev–Trinajstić information content (AvgIpc) is 2.75. The number of halogens is 3. The smallest absolute Gasteiger partial charge is 0.288 e. The van der Waals surface area contributed by atoms with Crippen molar-refractivity contribution in [3.8, 4) is 0 Å². The van der Waals surface area contributed by atoms with Gasteiger partial charge < -0.3 is 5.32 Å². The summed E-state index contributed by atoms with van der Waals surface area (Å²) in [5, 5.41) is 2.79. The molecule has 0 amide bonds. The Labute approximate surface area is 92.7 Å². The molecule has 0 aliphatic carbocycles. The largest absolute Gasteiger partial charge is 0.308 e. The maximum Gasteiger partial charge on any atom is 0.288 e. The lowest BCUT2D eigenvalue weighted by atomic mass is 9.98. The van der Waals surface area contributed by atoms with E-state index in [9.17, 15) is 13.2 Å². The Morgan fingerprint density at radius 3 is 2.69 bits per heavy atom. The number of aryl methyl sites for hydroxylation is 1. The van der Waals surface area contributed by atoms with Gasteiger partial charge in [0.25, 0.3) is 5.92 Å². The molecule has 88 valence electrons. The zero-order chi connectivity index (χ0) is 11.8. The second-order valence-corrected chi connectivity index (χ2v) is 4.24. The number of alkyl halides is 2. The molecule has 0 radical (unpaired) electrons. The van der Waals surface area contributed by atoms with E-state index >= 15 is 0 Å². The van der Waals surface area contributed by atoms with Crippen LogP contribution in [-0.2, 0) is 5.92 Å². The van der Waals surface area contributed by atoms with Crippen LogP contribution in [0.4, 0.5) is 13.2 Å². The van der Waals surface area contributed by atoms with Gasteiger partial charge in [0.1, 0.15) is 5.82 Å². The molecule has 2 rings (SSSR count). The number of benzene rings is 1. The van der Waals surface area contributed by atoms with E-state index in [0.717, 1.165) is 12.5 Å². The van der Waals surface area contributed by atoms with Crippen molar-refractivity contribution in [3.05, 3.63) is 35.1 Å². The van der Waals surface area contributed by atoms with Gasteiger partial charge in [0.05, 0.1) is 6.04 Å². The molecule has 0 spiro atoms. The molecule has 4 heteroatoms. The maximum absolute atomic E-state index is 14.0. The molecular formula is C12H14F3N. The molecule has 0 bridgehead atoms. The predicted octanol–water partition coefficient (Wildman–Crippen LogP) is 2.98. The van der Waals surface area contributed by atoms with Crippen molar-refractivity contribution in [1.29, 1.82) is 0 Å². The third-order valence-electron chi connectivity index (χ3n) is 3.04. The summed E-state index contributed by atoms with van der Waals surface area (Å²) < 4.78 is 41.0. The first-order chi connectivity index (χ1) is 7.51. The van der Waals surface area contributed by atoms with Gasteiger partial charge in [-0.3, -0.25) is 0 Å². The molecular weight excluding hydrogens is 215 g/mol. The van der Waals surface area contributed by atoms with E-state index in [0.29, 0.717) is 13.0 Å². The molecule has 1 aromatic rings. The van der Waals surface area contributed by atoms with Crippen molar-refractivity contribution in [2.45, 2.75) is 31.7 Å². The fourth-order valence-electron chi connectivity index (χ4n) is 2.05. The van der Waals surface area contributed by atoms with Gasteiger partial charge >= 0.3 is 0 Å². The molecule has 1 atom stereocenters. The lowest BCUT2D eigenvalue weighted by molar-refractivity contribution is -0.0377. The summed E-state index contributed by atoms with van der Waals surface area (Å²) in [6, 6.07) is 2.68. The quantitative estimate of drug-likeness (QED) is 0.822. The molecule has 16 heavy (non-hydrogen) atoms. The molecule has 1 aliphatic rings. The van der Waals surface area contributed by atoms with E-state index in [2.05, 4.69) is 5.32 Å².